The van der Waals surface area contributed by atoms with Gasteiger partial charge in [0, 0.05) is 12.6 Å². The normalized spacial score (nSPS) is 13.3. The summed E-state index contributed by atoms with van der Waals surface area (Å²) in [4.78, 5) is 44.9. The van der Waals surface area contributed by atoms with Crippen LogP contribution >= 0.6 is 0 Å². The van der Waals surface area contributed by atoms with Crippen molar-refractivity contribution in [2.75, 3.05) is 19.6 Å². The molecule has 0 unspecified atom stereocenters. The van der Waals surface area contributed by atoms with Gasteiger partial charge in [0.25, 0.3) is 0 Å². The second-order valence-electron chi connectivity index (χ2n) is 8.76. The van der Waals surface area contributed by atoms with Crippen molar-refractivity contribution in [2.24, 2.45) is 0 Å². The third-order valence-corrected chi connectivity index (χ3v) is 5.71. The van der Waals surface area contributed by atoms with Crippen molar-refractivity contribution in [1.29, 1.82) is 0 Å². The number of ether oxygens (including phenoxy) is 1. The van der Waals surface area contributed by atoms with Gasteiger partial charge >= 0.3 is 23.9 Å². The highest BCUT2D eigenvalue weighted by atomic mass is 16.5. The number of aliphatic carboxylic acids is 3. The van der Waals surface area contributed by atoms with E-state index >= 15 is 0 Å². The molecule has 0 spiro atoms. The predicted molar refractivity (Wildman–Crippen MR) is 135 cm³/mol. The average molecular weight is 515 g/mol. The molecule has 37 heavy (non-hydrogen) atoms. The molecule has 2 aromatic rings. The summed E-state index contributed by atoms with van der Waals surface area (Å²) < 4.78 is 5.32. The summed E-state index contributed by atoms with van der Waals surface area (Å²) in [5, 5.41) is 27.4. The van der Waals surface area contributed by atoms with Gasteiger partial charge in [0.2, 0.25) is 0 Å². The molecular weight excluding hydrogens is 480 g/mol. The Bertz CT molecular complexity index is 991. The number of carboxylic acids is 3. The van der Waals surface area contributed by atoms with Crippen LogP contribution in [0.3, 0.4) is 0 Å². The molecular formula is C27H34N2O8. The summed E-state index contributed by atoms with van der Waals surface area (Å²) in [7, 11) is 0. The molecule has 1 fully saturated rings. The number of rotatable bonds is 12. The highest BCUT2D eigenvalue weighted by Gasteiger charge is 2.23. The standard InChI is InChI=1S/C23H27NO4.C4H7NO4/c25-22(26)17-24(20-7-3-1-4-8-20)16-19-13-11-18(12-14-19)15-23(27)28-21-9-5-2-6-10-21;6-3(7)1-5-2-4(8)9/h2,5-6,9-14,20H,1,3-4,7-8,15-17H2,(H,25,26);5H,1-2H2,(H,6,7)(H,8,9). The molecule has 0 bridgehead atoms. The summed E-state index contributed by atoms with van der Waals surface area (Å²) >= 11 is 0. The first-order valence-electron chi connectivity index (χ1n) is 12.2. The zero-order valence-corrected chi connectivity index (χ0v) is 20.7. The lowest BCUT2D eigenvalue weighted by Gasteiger charge is -2.33. The van der Waals surface area contributed by atoms with Gasteiger partial charge in [-0.3, -0.25) is 29.4 Å². The van der Waals surface area contributed by atoms with Gasteiger partial charge in [-0.1, -0.05) is 61.7 Å². The second kappa shape index (κ2) is 16.1. The predicted octanol–water partition coefficient (Wildman–Crippen LogP) is 2.80. The summed E-state index contributed by atoms with van der Waals surface area (Å²) in [6.07, 6.45) is 5.92. The molecule has 0 radical (unpaired) electrons. The van der Waals surface area contributed by atoms with Crippen LogP contribution in [0.25, 0.3) is 0 Å². The molecule has 4 N–H and O–H groups in total. The fourth-order valence-corrected chi connectivity index (χ4v) is 4.03. The third kappa shape index (κ3) is 12.7. The van der Waals surface area contributed by atoms with E-state index in [1.807, 2.05) is 42.5 Å². The Labute approximate surface area is 215 Å². The van der Waals surface area contributed by atoms with Gasteiger partial charge in [-0.25, -0.2) is 0 Å². The molecule has 0 saturated heterocycles. The van der Waals surface area contributed by atoms with Gasteiger partial charge in [0.1, 0.15) is 5.75 Å². The smallest absolute Gasteiger partial charge is 0.317 e. The number of para-hydroxylation sites is 1. The topological polar surface area (TPSA) is 153 Å². The lowest BCUT2D eigenvalue weighted by atomic mass is 9.93. The van der Waals surface area contributed by atoms with Gasteiger partial charge < -0.3 is 20.1 Å². The second-order valence-corrected chi connectivity index (χ2v) is 8.76. The van der Waals surface area contributed by atoms with Gasteiger partial charge in [0.15, 0.2) is 0 Å². The zero-order chi connectivity index (χ0) is 27.0. The Kier molecular flexibility index (Phi) is 12.8. The van der Waals surface area contributed by atoms with Crippen molar-refractivity contribution in [3.63, 3.8) is 0 Å². The highest BCUT2D eigenvalue weighted by Crippen LogP contribution is 2.24. The number of benzene rings is 2. The monoisotopic (exact) mass is 514 g/mol. The Morgan fingerprint density at radius 2 is 1.35 bits per heavy atom. The first-order valence-corrected chi connectivity index (χ1v) is 12.2. The molecule has 0 aromatic heterocycles. The third-order valence-electron chi connectivity index (χ3n) is 5.71. The van der Waals surface area contributed by atoms with E-state index in [0.29, 0.717) is 18.3 Å². The number of esters is 1. The Morgan fingerprint density at radius 3 is 1.89 bits per heavy atom. The van der Waals surface area contributed by atoms with Crippen LogP contribution in [0.4, 0.5) is 0 Å². The van der Waals surface area contributed by atoms with Crippen LogP contribution in [0.2, 0.25) is 0 Å². The lowest BCUT2D eigenvalue weighted by molar-refractivity contribution is -0.140. The van der Waals surface area contributed by atoms with Crippen LogP contribution < -0.4 is 10.1 Å². The highest BCUT2D eigenvalue weighted by molar-refractivity contribution is 5.75. The number of nitrogens with zero attached hydrogens (tertiary/aromatic N) is 1. The van der Waals surface area contributed by atoms with Gasteiger partial charge in [-0.05, 0) is 36.1 Å². The van der Waals surface area contributed by atoms with Gasteiger partial charge in [-0.2, -0.15) is 0 Å². The maximum Gasteiger partial charge on any atom is 0.317 e. The van der Waals surface area contributed by atoms with Crippen molar-refractivity contribution in [2.45, 2.75) is 51.1 Å². The van der Waals surface area contributed by atoms with E-state index in [-0.39, 0.29) is 32.0 Å². The first-order chi connectivity index (χ1) is 17.7. The Hall–Kier alpha value is -3.76. The number of carbonyl (C=O) groups excluding carboxylic acids is 1. The van der Waals surface area contributed by atoms with E-state index in [2.05, 4.69) is 10.2 Å². The van der Waals surface area contributed by atoms with Crippen molar-refractivity contribution < 1.29 is 39.2 Å². The Balaban J connectivity index is 0.000000458. The fraction of sp³-hybridized carbons (Fsp3) is 0.407. The maximum atomic E-state index is 12.1. The van der Waals surface area contributed by atoms with Crippen molar-refractivity contribution in [1.82, 2.24) is 10.2 Å². The minimum absolute atomic E-state index is 0.0653. The van der Waals surface area contributed by atoms with Gasteiger partial charge in [-0.15, -0.1) is 0 Å². The van der Waals surface area contributed by atoms with Crippen molar-refractivity contribution >= 4 is 23.9 Å². The molecule has 0 amide bonds. The van der Waals surface area contributed by atoms with Crippen molar-refractivity contribution in [3.8, 4) is 5.75 Å². The van der Waals surface area contributed by atoms with E-state index in [4.69, 9.17) is 14.9 Å². The zero-order valence-electron chi connectivity index (χ0n) is 20.7. The summed E-state index contributed by atoms with van der Waals surface area (Å²) in [5.74, 6) is -2.66. The molecule has 10 nitrogen and oxygen atoms in total. The molecule has 1 aliphatic carbocycles. The van der Waals surface area contributed by atoms with E-state index < -0.39 is 17.9 Å². The number of carbonyl (C=O) groups is 4. The summed E-state index contributed by atoms with van der Waals surface area (Å²) in [5.41, 5.74) is 1.94. The largest absolute Gasteiger partial charge is 0.480 e. The molecule has 3 rings (SSSR count). The SMILES string of the molecule is O=C(O)CN(Cc1ccc(CC(=O)Oc2ccccc2)cc1)C1CCCCC1.O=C(O)CNCC(=O)O. The van der Waals surface area contributed by atoms with Gasteiger partial charge in [0.05, 0.1) is 26.1 Å². The number of hydrogen-bond acceptors (Lipinski definition) is 7. The molecule has 0 heterocycles. The molecule has 0 aliphatic heterocycles. The molecule has 1 aliphatic rings. The van der Waals surface area contributed by atoms with Crippen LogP contribution in [0.15, 0.2) is 54.6 Å². The average Bonchev–Trinajstić information content (AvgIpc) is 2.85. The number of nitrogens with one attached hydrogen (secondary N) is 1. The minimum Gasteiger partial charge on any atom is -0.480 e. The molecule has 200 valence electrons. The van der Waals surface area contributed by atoms with Crippen molar-refractivity contribution in [3.05, 3.63) is 65.7 Å². The van der Waals surface area contributed by atoms with Crippen LogP contribution in [-0.2, 0) is 32.1 Å². The van der Waals surface area contributed by atoms with Crippen LogP contribution in [0.1, 0.15) is 43.2 Å². The Morgan fingerprint density at radius 1 is 0.784 bits per heavy atom. The molecule has 10 heteroatoms. The molecule has 0 atom stereocenters. The number of hydrogen-bond donors (Lipinski definition) is 4. The quantitative estimate of drug-likeness (QED) is 0.246. The fourth-order valence-electron chi connectivity index (χ4n) is 4.03. The van der Waals surface area contributed by atoms with E-state index in [0.717, 1.165) is 24.0 Å². The van der Waals surface area contributed by atoms with Crippen LogP contribution in [-0.4, -0.2) is 69.8 Å². The van der Waals surface area contributed by atoms with Crippen LogP contribution in [0, 0.1) is 0 Å². The molecule has 1 saturated carbocycles. The van der Waals surface area contributed by atoms with Crippen LogP contribution in [0.5, 0.6) is 5.75 Å². The minimum atomic E-state index is -1.06. The first kappa shape index (κ1) is 29.5. The summed E-state index contributed by atoms with van der Waals surface area (Å²) in [6, 6.07) is 17.2. The summed E-state index contributed by atoms with van der Waals surface area (Å²) in [6.45, 7) is 0.0557. The van der Waals surface area contributed by atoms with E-state index in [9.17, 15) is 24.3 Å². The number of carboxylic acid groups (broad SMARTS) is 3. The van der Waals surface area contributed by atoms with E-state index in [1.165, 1.54) is 19.3 Å². The lowest BCUT2D eigenvalue weighted by Crippen LogP contribution is -2.39. The maximum absolute atomic E-state index is 12.1. The molecule has 2 aromatic carbocycles. The van der Waals surface area contributed by atoms with E-state index in [1.54, 1.807) is 12.1 Å².